The highest BCUT2D eigenvalue weighted by atomic mass is 15.1. The van der Waals surface area contributed by atoms with Crippen molar-refractivity contribution in [3.05, 3.63) is 54.5 Å². The number of fused-ring (bicyclic) bond motifs is 1. The topological polar surface area (TPSA) is 42.7 Å². The van der Waals surface area contributed by atoms with Crippen LogP contribution in [0.15, 0.2) is 48.9 Å². The maximum absolute atomic E-state index is 4.55. The summed E-state index contributed by atoms with van der Waals surface area (Å²) in [5, 5.41) is 3.43. The van der Waals surface area contributed by atoms with E-state index in [-0.39, 0.29) is 0 Å². The highest BCUT2D eigenvalue weighted by Crippen LogP contribution is 2.16. The van der Waals surface area contributed by atoms with E-state index in [0.717, 1.165) is 29.9 Å². The molecule has 2 aromatic heterocycles. The molecule has 0 radical (unpaired) electrons. The van der Waals surface area contributed by atoms with Crippen LogP contribution in [0.3, 0.4) is 0 Å². The summed E-state index contributed by atoms with van der Waals surface area (Å²) < 4.78 is 2.01. The van der Waals surface area contributed by atoms with E-state index in [2.05, 4.69) is 41.3 Å². The van der Waals surface area contributed by atoms with Crippen LogP contribution >= 0.6 is 0 Å². The number of benzene rings is 1. The van der Waals surface area contributed by atoms with Crippen molar-refractivity contribution < 1.29 is 0 Å². The number of para-hydroxylation sites is 2. The molecule has 0 aliphatic rings. The Morgan fingerprint density at radius 2 is 1.95 bits per heavy atom. The van der Waals surface area contributed by atoms with Crippen molar-refractivity contribution >= 4 is 11.0 Å². The predicted octanol–water partition coefficient (Wildman–Crippen LogP) is 3.17. The molecule has 2 heterocycles. The maximum atomic E-state index is 4.55. The first-order valence-corrected chi connectivity index (χ1v) is 7.32. The van der Waals surface area contributed by atoms with E-state index in [1.165, 1.54) is 5.56 Å². The summed E-state index contributed by atoms with van der Waals surface area (Å²) in [4.78, 5) is 8.95. The van der Waals surface area contributed by atoms with Gasteiger partial charge in [0.2, 0.25) is 0 Å². The van der Waals surface area contributed by atoms with E-state index in [4.69, 9.17) is 0 Å². The number of hydrogen-bond donors (Lipinski definition) is 1. The average Bonchev–Trinajstić information content (AvgIpc) is 2.92. The van der Waals surface area contributed by atoms with E-state index < -0.39 is 0 Å². The van der Waals surface area contributed by atoms with Gasteiger partial charge in [-0.2, -0.15) is 0 Å². The van der Waals surface area contributed by atoms with Crippen molar-refractivity contribution in [3.8, 4) is 5.82 Å². The fourth-order valence-electron chi connectivity index (χ4n) is 2.31. The summed E-state index contributed by atoms with van der Waals surface area (Å²) >= 11 is 0. The normalized spacial score (nSPS) is 11.4. The smallest absolute Gasteiger partial charge is 0.138 e. The number of pyridine rings is 1. The molecule has 0 atom stereocenters. The molecule has 0 saturated carbocycles. The van der Waals surface area contributed by atoms with Crippen molar-refractivity contribution in [3.63, 3.8) is 0 Å². The molecule has 0 bridgehead atoms. The zero-order chi connectivity index (χ0) is 14.7. The fraction of sp³-hybridized carbons (Fsp3) is 0.294. The lowest BCUT2D eigenvalue weighted by Crippen LogP contribution is -2.19. The van der Waals surface area contributed by atoms with Gasteiger partial charge in [0.25, 0.3) is 0 Å². The lowest BCUT2D eigenvalue weighted by atomic mass is 10.2. The molecule has 0 saturated heterocycles. The van der Waals surface area contributed by atoms with Crippen LogP contribution in [-0.2, 0) is 6.54 Å². The van der Waals surface area contributed by atoms with Crippen molar-refractivity contribution in [1.82, 2.24) is 19.9 Å². The minimum absolute atomic E-state index is 0.662. The molecule has 4 heteroatoms. The standard InChI is InChI=1S/C17H20N4/c1-13(2)9-18-10-14-7-8-17(19-11-14)21-12-20-15-5-3-4-6-16(15)21/h3-8,11-13,18H,9-10H2,1-2H3. The molecule has 108 valence electrons. The zero-order valence-corrected chi connectivity index (χ0v) is 12.5. The maximum Gasteiger partial charge on any atom is 0.138 e. The van der Waals surface area contributed by atoms with Crippen molar-refractivity contribution in [1.29, 1.82) is 0 Å². The lowest BCUT2D eigenvalue weighted by molar-refractivity contribution is 0.552. The summed E-state index contributed by atoms with van der Waals surface area (Å²) in [6, 6.07) is 12.2. The van der Waals surface area contributed by atoms with Crippen LogP contribution in [0, 0.1) is 5.92 Å². The summed E-state index contributed by atoms with van der Waals surface area (Å²) in [5.74, 6) is 1.56. The Morgan fingerprint density at radius 3 is 2.71 bits per heavy atom. The first kappa shape index (κ1) is 13.8. The van der Waals surface area contributed by atoms with Crippen molar-refractivity contribution in [2.75, 3.05) is 6.54 Å². The first-order valence-electron chi connectivity index (χ1n) is 7.32. The Kier molecular flexibility index (Phi) is 3.97. The van der Waals surface area contributed by atoms with Gasteiger partial charge in [0.1, 0.15) is 12.1 Å². The van der Waals surface area contributed by atoms with Gasteiger partial charge in [0.15, 0.2) is 0 Å². The molecule has 1 N–H and O–H groups in total. The Morgan fingerprint density at radius 1 is 1.10 bits per heavy atom. The molecule has 3 rings (SSSR count). The van der Waals surface area contributed by atoms with Gasteiger partial charge in [-0.15, -0.1) is 0 Å². The number of nitrogens with one attached hydrogen (secondary N) is 1. The van der Waals surface area contributed by atoms with Crippen LogP contribution in [0.5, 0.6) is 0 Å². The van der Waals surface area contributed by atoms with Crippen LogP contribution in [0.25, 0.3) is 16.9 Å². The number of aromatic nitrogens is 3. The van der Waals surface area contributed by atoms with Crippen molar-refractivity contribution in [2.45, 2.75) is 20.4 Å². The van der Waals surface area contributed by atoms with Gasteiger partial charge in [-0.1, -0.05) is 32.0 Å². The quantitative estimate of drug-likeness (QED) is 0.780. The third-order valence-electron chi connectivity index (χ3n) is 3.39. The monoisotopic (exact) mass is 280 g/mol. The van der Waals surface area contributed by atoms with E-state index in [1.807, 2.05) is 41.4 Å². The van der Waals surface area contributed by atoms with Crippen LogP contribution < -0.4 is 5.32 Å². The molecule has 21 heavy (non-hydrogen) atoms. The van der Waals surface area contributed by atoms with Gasteiger partial charge in [-0.05, 0) is 36.2 Å². The summed E-state index contributed by atoms with van der Waals surface area (Å²) in [5.41, 5.74) is 3.27. The van der Waals surface area contributed by atoms with Gasteiger partial charge < -0.3 is 5.32 Å². The fourth-order valence-corrected chi connectivity index (χ4v) is 2.31. The van der Waals surface area contributed by atoms with Gasteiger partial charge in [-0.3, -0.25) is 4.57 Å². The molecule has 4 nitrogen and oxygen atoms in total. The largest absolute Gasteiger partial charge is 0.312 e. The predicted molar refractivity (Wildman–Crippen MR) is 85.4 cm³/mol. The van der Waals surface area contributed by atoms with Crippen LogP contribution in [-0.4, -0.2) is 21.1 Å². The van der Waals surface area contributed by atoms with Gasteiger partial charge >= 0.3 is 0 Å². The van der Waals surface area contributed by atoms with Crippen LogP contribution in [0.2, 0.25) is 0 Å². The third-order valence-corrected chi connectivity index (χ3v) is 3.39. The van der Waals surface area contributed by atoms with Crippen LogP contribution in [0.4, 0.5) is 0 Å². The number of nitrogens with zero attached hydrogens (tertiary/aromatic N) is 3. The number of imidazole rings is 1. The molecule has 0 spiro atoms. The Balaban J connectivity index is 1.78. The van der Waals surface area contributed by atoms with E-state index >= 15 is 0 Å². The Labute approximate surface area is 124 Å². The summed E-state index contributed by atoms with van der Waals surface area (Å²) in [6.07, 6.45) is 3.75. The number of hydrogen-bond acceptors (Lipinski definition) is 3. The van der Waals surface area contributed by atoms with Gasteiger partial charge in [0, 0.05) is 12.7 Å². The van der Waals surface area contributed by atoms with Crippen LogP contribution in [0.1, 0.15) is 19.4 Å². The average molecular weight is 280 g/mol. The third kappa shape index (κ3) is 3.11. The second-order valence-corrected chi connectivity index (χ2v) is 5.65. The first-order chi connectivity index (χ1) is 10.2. The number of rotatable bonds is 5. The van der Waals surface area contributed by atoms with Gasteiger partial charge in [0.05, 0.1) is 11.0 Å². The van der Waals surface area contributed by atoms with Crippen molar-refractivity contribution in [2.24, 2.45) is 5.92 Å². The minimum atomic E-state index is 0.662. The van der Waals surface area contributed by atoms with E-state index in [1.54, 1.807) is 0 Å². The molecule has 0 aliphatic heterocycles. The summed E-state index contributed by atoms with van der Waals surface area (Å²) in [7, 11) is 0. The second-order valence-electron chi connectivity index (χ2n) is 5.65. The Bertz CT molecular complexity index is 713. The molecular formula is C17H20N4. The minimum Gasteiger partial charge on any atom is -0.312 e. The lowest BCUT2D eigenvalue weighted by Gasteiger charge is -2.08. The zero-order valence-electron chi connectivity index (χ0n) is 12.5. The highest BCUT2D eigenvalue weighted by Gasteiger charge is 2.04. The highest BCUT2D eigenvalue weighted by molar-refractivity contribution is 5.76. The molecule has 0 unspecified atom stereocenters. The molecular weight excluding hydrogens is 260 g/mol. The molecule has 3 aromatic rings. The molecule has 1 aromatic carbocycles. The molecule has 0 amide bonds. The van der Waals surface area contributed by atoms with E-state index in [9.17, 15) is 0 Å². The second kappa shape index (κ2) is 6.06. The molecule has 0 aliphatic carbocycles. The molecule has 0 fully saturated rings. The SMILES string of the molecule is CC(C)CNCc1ccc(-n2cnc3ccccc32)nc1. The van der Waals surface area contributed by atoms with E-state index in [0.29, 0.717) is 5.92 Å². The Hall–Kier alpha value is -2.20. The summed E-state index contributed by atoms with van der Waals surface area (Å²) in [6.45, 7) is 6.29. The van der Waals surface area contributed by atoms with Gasteiger partial charge in [-0.25, -0.2) is 9.97 Å².